The zero-order valence-electron chi connectivity index (χ0n) is 72.0. The van der Waals surface area contributed by atoms with Crippen molar-refractivity contribution in [3.63, 3.8) is 0 Å². The number of ether oxygens (including phenoxy) is 3. The van der Waals surface area contributed by atoms with Gasteiger partial charge in [0.1, 0.15) is 5.60 Å². The lowest BCUT2D eigenvalue weighted by Gasteiger charge is -2.23. The van der Waals surface area contributed by atoms with Crippen molar-refractivity contribution in [1.29, 1.82) is 5.26 Å². The van der Waals surface area contributed by atoms with Gasteiger partial charge in [0.05, 0.1) is 34.9 Å². The Labute approximate surface area is 617 Å². The lowest BCUT2D eigenvalue weighted by Crippen LogP contribution is -2.41. The van der Waals surface area contributed by atoms with Crippen molar-refractivity contribution in [2.24, 2.45) is 27.1 Å². The summed E-state index contributed by atoms with van der Waals surface area (Å²) in [6.45, 7) is 77.2. The van der Waals surface area contributed by atoms with E-state index in [-0.39, 0.29) is 39.6 Å². The Morgan fingerprint density at radius 1 is 0.465 bits per heavy atom. The number of aryl methyl sites for hydroxylation is 1. The average molecular weight is 1380 g/mol. The van der Waals surface area contributed by atoms with Crippen LogP contribution >= 0.6 is 0 Å². The molecule has 0 aromatic heterocycles. The van der Waals surface area contributed by atoms with E-state index < -0.39 is 5.60 Å². The largest absolute Gasteiger partial charge is 0.460 e. The lowest BCUT2D eigenvalue weighted by atomic mass is 9.83. The van der Waals surface area contributed by atoms with Crippen molar-refractivity contribution >= 4 is 11.9 Å². The van der Waals surface area contributed by atoms with E-state index >= 15 is 0 Å². The van der Waals surface area contributed by atoms with E-state index in [1.165, 1.54) is 93.0 Å². The van der Waals surface area contributed by atoms with Crippen LogP contribution in [0.4, 0.5) is 0 Å². The number of allylic oxidation sites excluding steroid dienone is 1. The van der Waals surface area contributed by atoms with Crippen LogP contribution in [0, 0.1) is 38.4 Å². The van der Waals surface area contributed by atoms with Gasteiger partial charge in [-0.05, 0) is 197 Å². The predicted molar refractivity (Wildman–Crippen MR) is 441 cm³/mol. The summed E-state index contributed by atoms with van der Waals surface area (Å²) in [5.41, 5.74) is 7.82. The Bertz CT molecular complexity index is 2490. The molecule has 1 amide bonds. The van der Waals surface area contributed by atoms with Gasteiger partial charge in [0.15, 0.2) is 0 Å². The van der Waals surface area contributed by atoms with E-state index in [9.17, 15) is 9.59 Å². The molecule has 0 saturated carbocycles. The number of benzene rings is 4. The van der Waals surface area contributed by atoms with Crippen molar-refractivity contribution in [2.45, 2.75) is 373 Å². The van der Waals surface area contributed by atoms with E-state index in [2.05, 4.69) is 261 Å². The fraction of sp³-hybridized carbons (Fsp3) is 0.681. The van der Waals surface area contributed by atoms with Gasteiger partial charge in [-0.1, -0.05) is 299 Å². The topological polar surface area (TPSA) is 118 Å². The maximum Gasteiger partial charge on any atom is 0.303 e. The van der Waals surface area contributed by atoms with Gasteiger partial charge in [-0.25, -0.2) is 0 Å². The molecule has 0 unspecified atom stereocenters. The maximum absolute atomic E-state index is 10.5. The molecule has 0 heterocycles. The summed E-state index contributed by atoms with van der Waals surface area (Å²) in [5, 5.41) is 20.0. The number of nitrogens with zero attached hydrogens (tertiary/aromatic N) is 1. The molecule has 4 aromatic carbocycles. The first-order valence-electron chi connectivity index (χ1n) is 38.0. The molecule has 0 aliphatic rings. The van der Waals surface area contributed by atoms with Crippen molar-refractivity contribution in [1.82, 2.24) is 5.32 Å². The number of carbonyl (C=O) groups is 2. The van der Waals surface area contributed by atoms with Crippen LogP contribution in [-0.4, -0.2) is 52.0 Å². The second-order valence-electron chi connectivity index (χ2n) is 32.6. The Kier molecular flexibility index (Phi) is 62.3. The quantitative estimate of drug-likeness (QED) is 0.0530. The van der Waals surface area contributed by atoms with Gasteiger partial charge < -0.3 is 24.6 Å². The minimum Gasteiger partial charge on any atom is -0.460 e. The summed E-state index contributed by atoms with van der Waals surface area (Å²) in [6.07, 6.45) is 19.0. The summed E-state index contributed by atoms with van der Waals surface area (Å²) < 4.78 is 15.8. The molecule has 8 heteroatoms. The van der Waals surface area contributed by atoms with Crippen LogP contribution in [0.5, 0.6) is 0 Å². The van der Waals surface area contributed by atoms with Gasteiger partial charge in [0, 0.05) is 26.5 Å². The molecule has 0 fully saturated rings. The van der Waals surface area contributed by atoms with Crippen LogP contribution in [0.15, 0.2) is 128 Å². The highest BCUT2D eigenvalue weighted by Crippen LogP contribution is 2.27. The van der Waals surface area contributed by atoms with Gasteiger partial charge in [-0.3, -0.25) is 9.59 Å². The smallest absolute Gasteiger partial charge is 0.303 e. The first kappa shape index (κ1) is 107. The third-order valence-corrected chi connectivity index (χ3v) is 18.7. The normalized spacial score (nSPS) is 11.3. The van der Waals surface area contributed by atoms with Gasteiger partial charge >= 0.3 is 5.97 Å². The highest BCUT2D eigenvalue weighted by molar-refractivity contribution is 5.73. The molecule has 8 nitrogen and oxygen atoms in total. The highest BCUT2D eigenvalue weighted by atomic mass is 16.6. The predicted octanol–water partition coefficient (Wildman–Crippen LogP) is 27.6. The molecule has 0 spiro atoms. The van der Waals surface area contributed by atoms with E-state index in [1.54, 1.807) is 21.0 Å². The van der Waals surface area contributed by atoms with Crippen LogP contribution in [0.2, 0.25) is 0 Å². The minimum atomic E-state index is -0.458. The number of hydrogen-bond donors (Lipinski definition) is 2. The first-order chi connectivity index (χ1) is 45.3. The molecule has 0 atom stereocenters. The first-order valence-corrected chi connectivity index (χ1v) is 38.0. The summed E-state index contributed by atoms with van der Waals surface area (Å²) in [6, 6.07) is 42.4. The minimum absolute atomic E-state index is 0.00413. The molecule has 4 aromatic rings. The molecule has 0 bridgehead atoms. The number of esters is 1. The third kappa shape index (κ3) is 74.0. The average Bonchev–Trinajstić information content (AvgIpc) is 0.884. The zero-order valence-corrected chi connectivity index (χ0v) is 72.0. The van der Waals surface area contributed by atoms with Gasteiger partial charge in [0.25, 0.3) is 0 Å². The second-order valence-corrected chi connectivity index (χ2v) is 32.6. The monoisotopic (exact) mass is 1380 g/mol. The Morgan fingerprint density at radius 2 is 0.848 bits per heavy atom. The number of amides is 1. The standard InChI is InChI=1S/C14H14.C12H18O.C12H18.C8H18.C7H15NO.C7H14O2.C7H16.C7H14.C6H11N.C6H14O.C5H12O/c1-2-12-8-10-14(11-9-12)13-6-4-3-5-7-13;1-4-12(2,3)13-10-11-8-6-5-7-9-11;1-4-12(2,3)10-11-8-6-5-7-9-11;1-5-7-8(3,4)6-2;1-5-7(3,4)8-6(2)9;1-5-7(3,4)9-6(2)8;2*1-5-7(3,4)6-2;1-4-6(2,3)5-7;1-5-6(2,3)7-4;1-4-5(2,3)6/h3-11H,2H2,1H3;5-9H,4,10H2,1-3H3;5-9H,4,10H2,1-3H3;5-7H2,1-4H3;5H2,1-4H3,(H,8,9);5H2,1-4H3;5-6H2,1-4H3;5H,1,6H2,2-4H3;4H2,1-3H3;5H2,1-4H3;6H,4H2,1-3H3. The molecule has 0 radical (unpaired) electrons. The summed E-state index contributed by atoms with van der Waals surface area (Å²) in [5.74, 6) is -0.163. The maximum atomic E-state index is 10.5. The number of nitriles is 1. The molecule has 0 saturated heterocycles. The van der Waals surface area contributed by atoms with E-state index in [1.807, 2.05) is 92.7 Å². The number of carbonyl (C=O) groups excluding carboxylic acids is 2. The molecule has 574 valence electrons. The van der Waals surface area contributed by atoms with Crippen molar-refractivity contribution < 1.29 is 28.9 Å². The SMILES string of the molecule is C=CC(C)(C)CC.CCC(C)(C)C#N.CCC(C)(C)CC.CCC(C)(C)Cc1ccccc1.CCC(C)(C)NC(C)=O.CCC(C)(C)O.CCC(C)(C)OC.CCC(C)(C)OC(C)=O.CCC(C)(C)OCc1ccccc1.CCCC(C)(C)CC.CCc1ccc(-c2ccccc2)cc1. The van der Waals surface area contributed by atoms with E-state index in [4.69, 9.17) is 24.6 Å². The fourth-order valence-corrected chi connectivity index (χ4v) is 6.29. The van der Waals surface area contributed by atoms with Crippen LogP contribution < -0.4 is 5.32 Å². The van der Waals surface area contributed by atoms with Crippen molar-refractivity contribution in [2.75, 3.05) is 7.11 Å². The Hall–Kier alpha value is -5.07. The molecule has 2 N–H and O–H groups in total. The molecular formula is C91H164N2O6. The zero-order chi connectivity index (χ0) is 79.0. The third-order valence-electron chi connectivity index (χ3n) is 18.7. The summed E-state index contributed by atoms with van der Waals surface area (Å²) in [7, 11) is 1.74. The summed E-state index contributed by atoms with van der Waals surface area (Å²) in [4.78, 5) is 20.9. The van der Waals surface area contributed by atoms with Gasteiger partial charge in [0.2, 0.25) is 5.91 Å². The van der Waals surface area contributed by atoms with Crippen LogP contribution in [0.3, 0.4) is 0 Å². The number of hydrogen-bond acceptors (Lipinski definition) is 7. The van der Waals surface area contributed by atoms with Gasteiger partial charge in [-0.2, -0.15) is 5.26 Å². The number of nitrogens with one attached hydrogen (secondary N) is 1. The van der Waals surface area contributed by atoms with Gasteiger partial charge in [-0.15, -0.1) is 6.58 Å². The summed E-state index contributed by atoms with van der Waals surface area (Å²) >= 11 is 0. The molecular weight excluding hydrogens is 1220 g/mol. The van der Waals surface area contributed by atoms with Crippen LogP contribution in [-0.2, 0) is 43.2 Å². The molecule has 99 heavy (non-hydrogen) atoms. The van der Waals surface area contributed by atoms with Crippen molar-refractivity contribution in [3.8, 4) is 17.2 Å². The number of rotatable bonds is 24. The van der Waals surface area contributed by atoms with Crippen molar-refractivity contribution in [3.05, 3.63) is 145 Å². The molecule has 0 aliphatic carbocycles. The number of aliphatic hydroxyl groups is 1. The molecule has 0 aliphatic heterocycles. The highest BCUT2D eigenvalue weighted by Gasteiger charge is 2.19. The number of methoxy groups -OCH3 is 1. The lowest BCUT2D eigenvalue weighted by molar-refractivity contribution is -0.153. The molecule has 4 rings (SSSR count). The van der Waals surface area contributed by atoms with E-state index in [0.29, 0.717) is 28.3 Å². The Morgan fingerprint density at radius 3 is 1.06 bits per heavy atom. The van der Waals surface area contributed by atoms with Crippen LogP contribution in [0.25, 0.3) is 11.1 Å². The van der Waals surface area contributed by atoms with E-state index in [0.717, 1.165) is 44.9 Å². The fourth-order valence-electron chi connectivity index (χ4n) is 6.29. The van der Waals surface area contributed by atoms with Crippen LogP contribution in [0.1, 0.15) is 342 Å². The second kappa shape index (κ2) is 57.4. The Balaban J connectivity index is -0.000000190.